The lowest BCUT2D eigenvalue weighted by atomic mass is 9.94. The average Bonchev–Trinajstić information content (AvgIpc) is 2.37. The molecule has 0 saturated heterocycles. The quantitative estimate of drug-likeness (QED) is 0.878. The summed E-state index contributed by atoms with van der Waals surface area (Å²) in [6, 6.07) is 8.15. The fourth-order valence-corrected chi connectivity index (χ4v) is 2.17. The van der Waals surface area contributed by atoms with Crippen molar-refractivity contribution in [3.05, 3.63) is 36.0 Å². The van der Waals surface area contributed by atoms with Crippen LogP contribution in [0, 0.1) is 0 Å². The van der Waals surface area contributed by atoms with Crippen LogP contribution in [0.1, 0.15) is 24.8 Å². The van der Waals surface area contributed by atoms with Gasteiger partial charge in [0.15, 0.2) is 0 Å². The van der Waals surface area contributed by atoms with E-state index in [1.165, 1.54) is 5.56 Å². The van der Waals surface area contributed by atoms with Gasteiger partial charge in [0.1, 0.15) is 11.3 Å². The molecule has 1 aromatic heterocycles. The van der Waals surface area contributed by atoms with Gasteiger partial charge in [0, 0.05) is 11.6 Å². The molecule has 0 radical (unpaired) electrons. The Balaban J connectivity index is 2.58. The van der Waals surface area contributed by atoms with E-state index in [1.807, 2.05) is 12.1 Å². The van der Waals surface area contributed by atoms with Crippen LogP contribution in [0.15, 0.2) is 30.5 Å². The Morgan fingerprint density at radius 2 is 2.18 bits per heavy atom. The van der Waals surface area contributed by atoms with Crippen LogP contribution in [0.3, 0.4) is 0 Å². The highest BCUT2D eigenvalue weighted by atomic mass is 16.5. The van der Waals surface area contributed by atoms with Crippen LogP contribution in [0.2, 0.25) is 0 Å². The lowest BCUT2D eigenvalue weighted by molar-refractivity contribution is 0.418. The molecule has 90 valence electrons. The Hall–Kier alpha value is -1.61. The second-order valence-corrected chi connectivity index (χ2v) is 4.24. The Kier molecular flexibility index (Phi) is 3.59. The van der Waals surface area contributed by atoms with Crippen LogP contribution >= 0.6 is 0 Å². The Morgan fingerprint density at radius 1 is 1.35 bits per heavy atom. The van der Waals surface area contributed by atoms with E-state index in [0.29, 0.717) is 12.5 Å². The van der Waals surface area contributed by atoms with Crippen molar-refractivity contribution in [2.75, 3.05) is 13.7 Å². The van der Waals surface area contributed by atoms with Gasteiger partial charge in [-0.05, 0) is 36.6 Å². The summed E-state index contributed by atoms with van der Waals surface area (Å²) in [6.45, 7) is 2.90. The molecule has 3 heteroatoms. The summed E-state index contributed by atoms with van der Waals surface area (Å²) < 4.78 is 5.33. The van der Waals surface area contributed by atoms with Gasteiger partial charge in [-0.2, -0.15) is 0 Å². The number of methoxy groups -OCH3 is 1. The van der Waals surface area contributed by atoms with Gasteiger partial charge < -0.3 is 10.5 Å². The van der Waals surface area contributed by atoms with Crippen molar-refractivity contribution in [1.82, 2.24) is 4.98 Å². The highest BCUT2D eigenvalue weighted by molar-refractivity contribution is 5.87. The molecule has 0 aliphatic heterocycles. The van der Waals surface area contributed by atoms with Gasteiger partial charge >= 0.3 is 0 Å². The molecule has 2 aromatic rings. The van der Waals surface area contributed by atoms with E-state index in [9.17, 15) is 0 Å². The van der Waals surface area contributed by atoms with E-state index >= 15 is 0 Å². The predicted molar refractivity (Wildman–Crippen MR) is 70.4 cm³/mol. The van der Waals surface area contributed by atoms with E-state index in [2.05, 4.69) is 24.0 Å². The van der Waals surface area contributed by atoms with Crippen molar-refractivity contribution in [3.63, 3.8) is 0 Å². The highest BCUT2D eigenvalue weighted by Crippen LogP contribution is 2.31. The molecule has 0 aliphatic carbocycles. The summed E-state index contributed by atoms with van der Waals surface area (Å²) >= 11 is 0. The number of pyridine rings is 1. The molecule has 0 saturated carbocycles. The van der Waals surface area contributed by atoms with Gasteiger partial charge in [-0.1, -0.05) is 19.1 Å². The predicted octanol–water partition coefficient (Wildman–Crippen LogP) is 2.70. The maximum atomic E-state index is 5.63. The molecule has 1 aromatic carbocycles. The van der Waals surface area contributed by atoms with Gasteiger partial charge in [0.25, 0.3) is 0 Å². The van der Waals surface area contributed by atoms with Gasteiger partial charge in [-0.3, -0.25) is 4.98 Å². The standard InChI is InChI=1S/C14H18N2O/c1-10(7-8-15)11-5-6-13(17-2)14-12(11)4-3-9-16-14/h3-6,9-10H,7-8,15H2,1-2H3. The summed E-state index contributed by atoms with van der Waals surface area (Å²) in [5.41, 5.74) is 7.84. The van der Waals surface area contributed by atoms with Crippen LogP contribution < -0.4 is 10.5 Å². The second-order valence-electron chi connectivity index (χ2n) is 4.24. The van der Waals surface area contributed by atoms with Gasteiger partial charge in [-0.25, -0.2) is 0 Å². The number of nitrogens with two attached hydrogens (primary N) is 1. The molecular weight excluding hydrogens is 212 g/mol. The zero-order chi connectivity index (χ0) is 12.3. The van der Waals surface area contributed by atoms with Gasteiger partial charge in [-0.15, -0.1) is 0 Å². The molecule has 2 rings (SSSR count). The number of hydrogen-bond donors (Lipinski definition) is 1. The maximum absolute atomic E-state index is 5.63. The summed E-state index contributed by atoms with van der Waals surface area (Å²) in [4.78, 5) is 4.40. The largest absolute Gasteiger partial charge is 0.494 e. The molecule has 0 spiro atoms. The van der Waals surface area contributed by atoms with Crippen molar-refractivity contribution in [1.29, 1.82) is 0 Å². The fourth-order valence-electron chi connectivity index (χ4n) is 2.17. The Morgan fingerprint density at radius 3 is 2.88 bits per heavy atom. The van der Waals surface area contributed by atoms with Crippen molar-refractivity contribution >= 4 is 10.9 Å². The molecule has 1 atom stereocenters. The monoisotopic (exact) mass is 230 g/mol. The van der Waals surface area contributed by atoms with Crippen molar-refractivity contribution in [2.24, 2.45) is 5.73 Å². The number of benzene rings is 1. The number of ether oxygens (including phenoxy) is 1. The number of nitrogens with zero attached hydrogens (tertiary/aromatic N) is 1. The zero-order valence-electron chi connectivity index (χ0n) is 10.3. The summed E-state index contributed by atoms with van der Waals surface area (Å²) in [7, 11) is 1.67. The fraction of sp³-hybridized carbons (Fsp3) is 0.357. The van der Waals surface area contributed by atoms with E-state index in [0.717, 1.165) is 23.1 Å². The van der Waals surface area contributed by atoms with Crippen LogP contribution in [-0.2, 0) is 0 Å². The first-order chi connectivity index (χ1) is 8.27. The van der Waals surface area contributed by atoms with Crippen LogP contribution in [0.25, 0.3) is 10.9 Å². The van der Waals surface area contributed by atoms with E-state index in [4.69, 9.17) is 10.5 Å². The molecule has 17 heavy (non-hydrogen) atoms. The third-order valence-electron chi connectivity index (χ3n) is 3.12. The van der Waals surface area contributed by atoms with Crippen LogP contribution in [0.5, 0.6) is 5.75 Å². The normalized spacial score (nSPS) is 12.6. The van der Waals surface area contributed by atoms with Gasteiger partial charge in [0.05, 0.1) is 7.11 Å². The molecule has 0 fully saturated rings. The van der Waals surface area contributed by atoms with Crippen molar-refractivity contribution in [2.45, 2.75) is 19.3 Å². The first-order valence-corrected chi connectivity index (χ1v) is 5.89. The number of aromatic nitrogens is 1. The lowest BCUT2D eigenvalue weighted by Gasteiger charge is -2.15. The van der Waals surface area contributed by atoms with Crippen LogP contribution in [-0.4, -0.2) is 18.6 Å². The average molecular weight is 230 g/mol. The number of fused-ring (bicyclic) bond motifs is 1. The summed E-state index contributed by atoms with van der Waals surface area (Å²) in [6.07, 6.45) is 2.78. The SMILES string of the molecule is COc1ccc(C(C)CCN)c2cccnc12. The molecule has 0 bridgehead atoms. The van der Waals surface area contributed by atoms with E-state index in [1.54, 1.807) is 13.3 Å². The summed E-state index contributed by atoms with van der Waals surface area (Å²) in [5.74, 6) is 1.27. The molecule has 0 aliphatic rings. The topological polar surface area (TPSA) is 48.1 Å². The molecule has 2 N–H and O–H groups in total. The smallest absolute Gasteiger partial charge is 0.145 e. The summed E-state index contributed by atoms with van der Waals surface area (Å²) in [5, 5.41) is 1.16. The van der Waals surface area contributed by atoms with Crippen molar-refractivity contribution < 1.29 is 4.74 Å². The zero-order valence-corrected chi connectivity index (χ0v) is 10.3. The Bertz CT molecular complexity index is 511. The molecule has 1 unspecified atom stereocenters. The molecular formula is C14H18N2O. The number of rotatable bonds is 4. The number of hydrogen-bond acceptors (Lipinski definition) is 3. The molecule has 1 heterocycles. The first kappa shape index (κ1) is 11.9. The minimum atomic E-state index is 0.442. The third-order valence-corrected chi connectivity index (χ3v) is 3.12. The maximum Gasteiger partial charge on any atom is 0.145 e. The van der Waals surface area contributed by atoms with E-state index < -0.39 is 0 Å². The van der Waals surface area contributed by atoms with Crippen molar-refractivity contribution in [3.8, 4) is 5.75 Å². The lowest BCUT2D eigenvalue weighted by Crippen LogP contribution is -2.05. The van der Waals surface area contributed by atoms with E-state index in [-0.39, 0.29) is 0 Å². The first-order valence-electron chi connectivity index (χ1n) is 5.89. The van der Waals surface area contributed by atoms with Gasteiger partial charge in [0.2, 0.25) is 0 Å². The van der Waals surface area contributed by atoms with Crippen LogP contribution in [0.4, 0.5) is 0 Å². The molecule has 3 nitrogen and oxygen atoms in total. The Labute approximate surface area is 102 Å². The third kappa shape index (κ3) is 2.24. The minimum Gasteiger partial charge on any atom is -0.494 e. The second kappa shape index (κ2) is 5.15. The highest BCUT2D eigenvalue weighted by Gasteiger charge is 2.12. The minimum absolute atomic E-state index is 0.442. The molecule has 0 amide bonds.